The standard InChI is InChI=1S/C23H21F2N3O4S3/c24-16-2-1-12(8-17(16)25)13-7-15(34-11-13)10-19-21(30)28(23(33)35-19)6-4-20(29)27-14-3-5-26-18(9-14)22(31)32/h1-2,7-8,10-11,14,18,26H,3-6,9H2,(H,27,29)(H,31,32)/b19-10-/t14-,18-/m0/s1. The van der Waals surface area contributed by atoms with Gasteiger partial charge in [0, 0.05) is 23.9 Å². The molecule has 2 aromatic rings. The van der Waals surface area contributed by atoms with Crippen molar-refractivity contribution in [3.63, 3.8) is 0 Å². The molecule has 3 N–H and O–H groups in total. The SMILES string of the molecule is O=C(CCN1C(=O)/C(=C/c2cc(-c3ccc(F)c(F)c3)cs2)SC1=S)N[C@H]1CCN[C@H](C(=O)O)C1. The zero-order chi connectivity index (χ0) is 25.1. The molecule has 4 rings (SSSR count). The van der Waals surface area contributed by atoms with E-state index in [4.69, 9.17) is 17.3 Å². The number of hydrogen-bond donors (Lipinski definition) is 3. The van der Waals surface area contributed by atoms with Crippen LogP contribution in [0.1, 0.15) is 24.1 Å². The fraction of sp³-hybridized carbons (Fsp3) is 0.304. The van der Waals surface area contributed by atoms with Gasteiger partial charge in [-0.2, -0.15) is 0 Å². The Balaban J connectivity index is 1.34. The quantitative estimate of drug-likeness (QED) is 0.367. The van der Waals surface area contributed by atoms with E-state index >= 15 is 0 Å². The van der Waals surface area contributed by atoms with Gasteiger partial charge in [-0.05, 0) is 60.2 Å². The van der Waals surface area contributed by atoms with Crippen LogP contribution in [0.15, 0.2) is 34.6 Å². The van der Waals surface area contributed by atoms with Crippen LogP contribution in [0, 0.1) is 11.6 Å². The number of halogens is 2. The van der Waals surface area contributed by atoms with Gasteiger partial charge in [-0.15, -0.1) is 11.3 Å². The lowest BCUT2D eigenvalue weighted by Crippen LogP contribution is -2.51. The van der Waals surface area contributed by atoms with E-state index in [0.717, 1.165) is 28.8 Å². The Morgan fingerprint density at radius 2 is 2.06 bits per heavy atom. The van der Waals surface area contributed by atoms with Crippen LogP contribution in [-0.2, 0) is 14.4 Å². The van der Waals surface area contributed by atoms with Crippen LogP contribution >= 0.6 is 35.3 Å². The normalized spacial score (nSPS) is 21.5. The highest BCUT2D eigenvalue weighted by Crippen LogP contribution is 2.35. The molecule has 0 aliphatic carbocycles. The van der Waals surface area contributed by atoms with Gasteiger partial charge in [0.2, 0.25) is 5.91 Å². The van der Waals surface area contributed by atoms with Gasteiger partial charge < -0.3 is 15.7 Å². The second-order valence-corrected chi connectivity index (χ2v) is 10.7. The van der Waals surface area contributed by atoms with Crippen molar-refractivity contribution < 1.29 is 28.3 Å². The fourth-order valence-corrected chi connectivity index (χ4v) is 6.05. The molecule has 2 aliphatic heterocycles. The van der Waals surface area contributed by atoms with Gasteiger partial charge in [-0.3, -0.25) is 19.3 Å². The predicted molar refractivity (Wildman–Crippen MR) is 135 cm³/mol. The summed E-state index contributed by atoms with van der Waals surface area (Å²) in [7, 11) is 0. The van der Waals surface area contributed by atoms with E-state index in [-0.39, 0.29) is 30.8 Å². The van der Waals surface area contributed by atoms with Crippen molar-refractivity contribution in [3.05, 3.63) is 51.1 Å². The number of carboxylic acids is 1. The molecule has 2 atom stereocenters. The number of carboxylic acid groups (broad SMARTS) is 1. The van der Waals surface area contributed by atoms with Gasteiger partial charge in [0.25, 0.3) is 5.91 Å². The maximum atomic E-state index is 13.5. The summed E-state index contributed by atoms with van der Waals surface area (Å²) in [4.78, 5) is 38.9. The van der Waals surface area contributed by atoms with E-state index in [9.17, 15) is 23.2 Å². The lowest BCUT2D eigenvalue weighted by Gasteiger charge is -2.28. The summed E-state index contributed by atoms with van der Waals surface area (Å²) in [6.07, 6.45) is 2.67. The summed E-state index contributed by atoms with van der Waals surface area (Å²) in [6, 6.07) is 4.53. The van der Waals surface area contributed by atoms with Crippen molar-refractivity contribution >= 4 is 63.5 Å². The molecular weight excluding hydrogens is 516 g/mol. The summed E-state index contributed by atoms with van der Waals surface area (Å²) < 4.78 is 27.1. The van der Waals surface area contributed by atoms with Crippen LogP contribution in [0.5, 0.6) is 0 Å². The number of carbonyl (C=O) groups is 3. The summed E-state index contributed by atoms with van der Waals surface area (Å²) in [5.41, 5.74) is 1.23. The highest BCUT2D eigenvalue weighted by atomic mass is 32.2. The number of nitrogens with one attached hydrogen (secondary N) is 2. The molecule has 0 spiro atoms. The van der Waals surface area contributed by atoms with Crippen LogP contribution in [0.25, 0.3) is 17.2 Å². The van der Waals surface area contributed by atoms with E-state index in [2.05, 4.69) is 10.6 Å². The molecule has 0 unspecified atom stereocenters. The first-order valence-electron chi connectivity index (χ1n) is 10.8. The number of rotatable bonds is 7. The molecule has 2 amide bonds. The smallest absolute Gasteiger partial charge is 0.320 e. The van der Waals surface area contributed by atoms with E-state index in [1.807, 2.05) is 0 Å². The summed E-state index contributed by atoms with van der Waals surface area (Å²) in [5, 5.41) is 16.7. The molecule has 35 heavy (non-hydrogen) atoms. The third-order valence-electron chi connectivity index (χ3n) is 5.65. The van der Waals surface area contributed by atoms with Gasteiger partial charge in [0.1, 0.15) is 10.4 Å². The second-order valence-electron chi connectivity index (χ2n) is 8.08. The zero-order valence-corrected chi connectivity index (χ0v) is 20.7. The summed E-state index contributed by atoms with van der Waals surface area (Å²) in [5.74, 6) is -3.36. The van der Waals surface area contributed by atoms with Gasteiger partial charge in [0.05, 0.1) is 4.91 Å². The van der Waals surface area contributed by atoms with Crippen molar-refractivity contribution in [2.24, 2.45) is 0 Å². The molecule has 7 nitrogen and oxygen atoms in total. The van der Waals surface area contributed by atoms with Crippen molar-refractivity contribution in [2.45, 2.75) is 31.3 Å². The third-order valence-corrected chi connectivity index (χ3v) is 7.91. The topological polar surface area (TPSA) is 98.7 Å². The summed E-state index contributed by atoms with van der Waals surface area (Å²) >= 11 is 7.82. The average molecular weight is 538 g/mol. The molecule has 3 heterocycles. The number of carbonyl (C=O) groups excluding carboxylic acids is 2. The highest BCUT2D eigenvalue weighted by Gasteiger charge is 2.33. The maximum absolute atomic E-state index is 13.5. The van der Waals surface area contributed by atoms with Crippen LogP contribution < -0.4 is 10.6 Å². The predicted octanol–water partition coefficient (Wildman–Crippen LogP) is 3.61. The average Bonchev–Trinajstić information content (AvgIpc) is 3.39. The second kappa shape index (κ2) is 10.9. The molecule has 0 bridgehead atoms. The van der Waals surface area contributed by atoms with E-state index < -0.39 is 23.6 Å². The molecule has 0 radical (unpaired) electrons. The minimum absolute atomic E-state index is 0.0423. The van der Waals surface area contributed by atoms with Crippen molar-refractivity contribution in [3.8, 4) is 11.1 Å². The Labute approximate surface area is 213 Å². The number of thiophene rings is 1. The Morgan fingerprint density at radius 1 is 1.26 bits per heavy atom. The Kier molecular flexibility index (Phi) is 7.95. The molecule has 0 saturated carbocycles. The first-order chi connectivity index (χ1) is 16.7. The zero-order valence-electron chi connectivity index (χ0n) is 18.3. The number of hydrogen-bond acceptors (Lipinski definition) is 7. The van der Waals surface area contributed by atoms with Gasteiger partial charge in [-0.1, -0.05) is 30.0 Å². The van der Waals surface area contributed by atoms with Gasteiger partial charge in [-0.25, -0.2) is 8.78 Å². The maximum Gasteiger partial charge on any atom is 0.320 e. The molecule has 1 aromatic heterocycles. The summed E-state index contributed by atoms with van der Waals surface area (Å²) in [6.45, 7) is 0.619. The van der Waals surface area contributed by atoms with Crippen molar-refractivity contribution in [2.75, 3.05) is 13.1 Å². The monoisotopic (exact) mass is 537 g/mol. The minimum atomic E-state index is -0.948. The lowest BCUT2D eigenvalue weighted by atomic mass is 9.99. The largest absolute Gasteiger partial charge is 0.480 e. The van der Waals surface area contributed by atoms with E-state index in [0.29, 0.717) is 39.7 Å². The minimum Gasteiger partial charge on any atom is -0.480 e. The molecule has 184 valence electrons. The van der Waals surface area contributed by atoms with Crippen LogP contribution in [-0.4, -0.2) is 57.3 Å². The number of thioether (sulfide) groups is 1. The van der Waals surface area contributed by atoms with E-state index in [1.165, 1.54) is 22.3 Å². The lowest BCUT2D eigenvalue weighted by molar-refractivity contribution is -0.140. The molecule has 2 saturated heterocycles. The molecular formula is C23H21F2N3O4S3. The third kappa shape index (κ3) is 6.13. The van der Waals surface area contributed by atoms with Gasteiger partial charge in [0.15, 0.2) is 11.6 Å². The highest BCUT2D eigenvalue weighted by molar-refractivity contribution is 8.26. The number of thiocarbonyl (C=S) groups is 1. The molecule has 1 aromatic carbocycles. The Morgan fingerprint density at radius 3 is 2.80 bits per heavy atom. The molecule has 12 heteroatoms. The molecule has 2 fully saturated rings. The Hall–Kier alpha value is -2.67. The number of amides is 2. The van der Waals surface area contributed by atoms with Crippen LogP contribution in [0.3, 0.4) is 0 Å². The van der Waals surface area contributed by atoms with Crippen molar-refractivity contribution in [1.82, 2.24) is 15.5 Å². The fourth-order valence-electron chi connectivity index (χ4n) is 3.83. The Bertz CT molecular complexity index is 1220. The first-order valence-corrected chi connectivity index (χ1v) is 12.9. The van der Waals surface area contributed by atoms with E-state index in [1.54, 1.807) is 17.5 Å². The number of nitrogens with zero attached hydrogens (tertiary/aromatic N) is 1. The molecule has 2 aliphatic rings. The van der Waals surface area contributed by atoms with Gasteiger partial charge >= 0.3 is 5.97 Å². The van der Waals surface area contributed by atoms with Crippen LogP contribution in [0.2, 0.25) is 0 Å². The number of piperidine rings is 1. The number of aliphatic carboxylic acids is 1. The van der Waals surface area contributed by atoms with Crippen LogP contribution in [0.4, 0.5) is 8.78 Å². The van der Waals surface area contributed by atoms with Crippen molar-refractivity contribution in [1.29, 1.82) is 0 Å². The number of benzene rings is 1. The first kappa shape index (κ1) is 25.4.